The molecule has 19 heavy (non-hydrogen) atoms. The van der Waals surface area contributed by atoms with Crippen LogP contribution in [-0.2, 0) is 9.53 Å². The summed E-state index contributed by atoms with van der Waals surface area (Å²) in [7, 11) is 0. The summed E-state index contributed by atoms with van der Waals surface area (Å²) in [5, 5.41) is 6.50. The molecule has 1 aliphatic carbocycles. The largest absolute Gasteiger partial charge is 0.375 e. The Morgan fingerprint density at radius 3 is 2.79 bits per heavy atom. The average Bonchev–Trinajstić information content (AvgIpc) is 2.47. The van der Waals surface area contributed by atoms with Gasteiger partial charge in [-0.25, -0.2) is 0 Å². The molecular weight excluding hydrogens is 240 g/mol. The maximum absolute atomic E-state index is 12.1. The molecule has 4 nitrogen and oxygen atoms in total. The molecule has 1 aliphatic heterocycles. The van der Waals surface area contributed by atoms with Gasteiger partial charge in [-0.3, -0.25) is 4.79 Å². The van der Waals surface area contributed by atoms with Crippen molar-refractivity contribution >= 4 is 5.91 Å². The number of ether oxygens (including phenoxy) is 1. The molecule has 2 unspecified atom stereocenters. The van der Waals surface area contributed by atoms with Gasteiger partial charge in [0.1, 0.15) is 0 Å². The lowest BCUT2D eigenvalue weighted by Gasteiger charge is -2.31. The normalized spacial score (nSPS) is 26.9. The molecule has 0 aromatic rings. The van der Waals surface area contributed by atoms with Crippen LogP contribution in [0.5, 0.6) is 0 Å². The summed E-state index contributed by atoms with van der Waals surface area (Å²) >= 11 is 0. The minimum Gasteiger partial charge on any atom is -0.375 e. The summed E-state index contributed by atoms with van der Waals surface area (Å²) in [6.07, 6.45) is 8.16. The van der Waals surface area contributed by atoms with E-state index in [2.05, 4.69) is 17.6 Å². The first-order valence-electron chi connectivity index (χ1n) is 7.91. The zero-order chi connectivity index (χ0) is 13.5. The summed E-state index contributed by atoms with van der Waals surface area (Å²) in [6.45, 7) is 4.60. The Kier molecular flexibility index (Phi) is 6.11. The van der Waals surface area contributed by atoms with Crippen molar-refractivity contribution in [2.75, 3.05) is 19.7 Å². The number of amides is 1. The number of hydrogen-bond acceptors (Lipinski definition) is 3. The van der Waals surface area contributed by atoms with Gasteiger partial charge in [-0.15, -0.1) is 0 Å². The molecule has 2 fully saturated rings. The zero-order valence-electron chi connectivity index (χ0n) is 12.1. The third-order valence-electron chi connectivity index (χ3n) is 4.42. The summed E-state index contributed by atoms with van der Waals surface area (Å²) in [4.78, 5) is 12.1. The Morgan fingerprint density at radius 2 is 2.16 bits per heavy atom. The first-order valence-corrected chi connectivity index (χ1v) is 7.91. The first-order chi connectivity index (χ1) is 9.29. The first kappa shape index (κ1) is 14.8. The van der Waals surface area contributed by atoms with Gasteiger partial charge in [0.05, 0.1) is 19.1 Å². The number of hydrogen-bond donors (Lipinski definition) is 2. The molecule has 2 rings (SSSR count). The van der Waals surface area contributed by atoms with Crippen LogP contribution in [0.25, 0.3) is 0 Å². The Morgan fingerprint density at radius 1 is 1.37 bits per heavy atom. The van der Waals surface area contributed by atoms with Gasteiger partial charge in [-0.2, -0.15) is 0 Å². The van der Waals surface area contributed by atoms with Crippen molar-refractivity contribution in [1.82, 2.24) is 10.6 Å². The van der Waals surface area contributed by atoms with Gasteiger partial charge in [-0.05, 0) is 25.2 Å². The van der Waals surface area contributed by atoms with Crippen molar-refractivity contribution in [3.05, 3.63) is 0 Å². The van der Waals surface area contributed by atoms with Gasteiger partial charge < -0.3 is 15.4 Å². The van der Waals surface area contributed by atoms with Gasteiger partial charge >= 0.3 is 0 Å². The van der Waals surface area contributed by atoms with Crippen molar-refractivity contribution < 1.29 is 9.53 Å². The fourth-order valence-electron chi connectivity index (χ4n) is 3.31. The lowest BCUT2D eigenvalue weighted by molar-refractivity contribution is -0.125. The van der Waals surface area contributed by atoms with E-state index in [0.29, 0.717) is 18.4 Å². The molecule has 1 amide bonds. The van der Waals surface area contributed by atoms with E-state index in [9.17, 15) is 4.79 Å². The zero-order valence-corrected chi connectivity index (χ0v) is 12.1. The second-order valence-electron chi connectivity index (χ2n) is 5.88. The van der Waals surface area contributed by atoms with E-state index in [-0.39, 0.29) is 12.0 Å². The molecule has 4 heteroatoms. The second kappa shape index (κ2) is 7.85. The van der Waals surface area contributed by atoms with Crippen molar-refractivity contribution in [2.45, 2.75) is 64.0 Å². The SMILES string of the molecule is CCC(NC(=O)CC1CNCCO1)C1CCCCC1. The number of carbonyl (C=O) groups is 1. The maximum Gasteiger partial charge on any atom is 0.222 e. The number of carbonyl (C=O) groups excluding carboxylic acids is 1. The summed E-state index contributed by atoms with van der Waals surface area (Å²) < 4.78 is 5.59. The van der Waals surface area contributed by atoms with E-state index in [1.807, 2.05) is 0 Å². The highest BCUT2D eigenvalue weighted by molar-refractivity contribution is 5.76. The van der Waals surface area contributed by atoms with Crippen LogP contribution in [0.15, 0.2) is 0 Å². The monoisotopic (exact) mass is 268 g/mol. The van der Waals surface area contributed by atoms with Crippen LogP contribution in [-0.4, -0.2) is 37.7 Å². The molecule has 1 saturated heterocycles. The Hall–Kier alpha value is -0.610. The second-order valence-corrected chi connectivity index (χ2v) is 5.88. The van der Waals surface area contributed by atoms with Gasteiger partial charge in [0.15, 0.2) is 0 Å². The Labute approximate surface area is 116 Å². The number of morpholine rings is 1. The van der Waals surface area contributed by atoms with Crippen LogP contribution in [0.3, 0.4) is 0 Å². The highest BCUT2D eigenvalue weighted by Crippen LogP contribution is 2.27. The molecule has 0 spiro atoms. The average molecular weight is 268 g/mol. The highest BCUT2D eigenvalue weighted by Gasteiger charge is 2.25. The molecule has 2 aliphatic rings. The summed E-state index contributed by atoms with van der Waals surface area (Å²) in [6, 6.07) is 0.365. The van der Waals surface area contributed by atoms with E-state index in [0.717, 1.165) is 26.1 Å². The molecule has 1 saturated carbocycles. The van der Waals surface area contributed by atoms with Crippen LogP contribution < -0.4 is 10.6 Å². The van der Waals surface area contributed by atoms with Crippen molar-refractivity contribution in [2.24, 2.45) is 5.92 Å². The van der Waals surface area contributed by atoms with E-state index in [4.69, 9.17) is 4.74 Å². The Balaban J connectivity index is 1.74. The molecule has 1 heterocycles. The maximum atomic E-state index is 12.1. The molecule has 110 valence electrons. The predicted molar refractivity (Wildman–Crippen MR) is 76.0 cm³/mol. The number of rotatable bonds is 5. The quantitative estimate of drug-likeness (QED) is 0.800. The van der Waals surface area contributed by atoms with E-state index in [1.54, 1.807) is 0 Å². The van der Waals surface area contributed by atoms with Crippen molar-refractivity contribution in [3.8, 4) is 0 Å². The van der Waals surface area contributed by atoms with Gasteiger partial charge in [0, 0.05) is 19.1 Å². The molecule has 2 N–H and O–H groups in total. The Bertz CT molecular complexity index is 271. The molecule has 2 atom stereocenters. The number of nitrogens with one attached hydrogen (secondary N) is 2. The molecule has 0 aromatic carbocycles. The van der Waals surface area contributed by atoms with Crippen LogP contribution in [0.2, 0.25) is 0 Å². The standard InChI is InChI=1S/C15H28N2O2/c1-2-14(12-6-4-3-5-7-12)17-15(18)10-13-11-16-8-9-19-13/h12-14,16H,2-11H2,1H3,(H,17,18). The van der Waals surface area contributed by atoms with Crippen LogP contribution in [0.1, 0.15) is 51.9 Å². The summed E-state index contributed by atoms with van der Waals surface area (Å²) in [5.41, 5.74) is 0. The van der Waals surface area contributed by atoms with E-state index >= 15 is 0 Å². The van der Waals surface area contributed by atoms with Gasteiger partial charge in [0.2, 0.25) is 5.91 Å². The van der Waals surface area contributed by atoms with E-state index < -0.39 is 0 Å². The third kappa shape index (κ3) is 4.77. The smallest absolute Gasteiger partial charge is 0.222 e. The molecule has 0 radical (unpaired) electrons. The third-order valence-corrected chi connectivity index (χ3v) is 4.42. The molecule has 0 bridgehead atoms. The lowest BCUT2D eigenvalue weighted by Crippen LogP contribution is -2.45. The molecular formula is C15H28N2O2. The summed E-state index contributed by atoms with van der Waals surface area (Å²) in [5.74, 6) is 0.847. The minimum atomic E-state index is 0.0533. The topological polar surface area (TPSA) is 50.4 Å². The van der Waals surface area contributed by atoms with Crippen LogP contribution in [0.4, 0.5) is 0 Å². The van der Waals surface area contributed by atoms with E-state index in [1.165, 1.54) is 32.1 Å². The van der Waals surface area contributed by atoms with Gasteiger partial charge in [0.25, 0.3) is 0 Å². The van der Waals surface area contributed by atoms with Crippen LogP contribution in [0, 0.1) is 5.92 Å². The van der Waals surface area contributed by atoms with Gasteiger partial charge in [-0.1, -0.05) is 26.2 Å². The lowest BCUT2D eigenvalue weighted by atomic mass is 9.83. The highest BCUT2D eigenvalue weighted by atomic mass is 16.5. The fraction of sp³-hybridized carbons (Fsp3) is 0.933. The molecule has 0 aromatic heterocycles. The van der Waals surface area contributed by atoms with Crippen LogP contribution >= 0.6 is 0 Å². The predicted octanol–water partition coefficient (Wildman–Crippen LogP) is 1.84. The van der Waals surface area contributed by atoms with Crippen molar-refractivity contribution in [1.29, 1.82) is 0 Å². The fourth-order valence-corrected chi connectivity index (χ4v) is 3.31. The van der Waals surface area contributed by atoms with Crippen molar-refractivity contribution in [3.63, 3.8) is 0 Å². The minimum absolute atomic E-state index is 0.0533.